The Morgan fingerprint density at radius 2 is 1.57 bits per heavy atom. The molecule has 1 saturated carbocycles. The highest BCUT2D eigenvalue weighted by atomic mass is 16.1. The number of nitrogens with one attached hydrogen (secondary N) is 2. The summed E-state index contributed by atoms with van der Waals surface area (Å²) in [5.41, 5.74) is 0.185. The number of nitriles is 1. The highest BCUT2D eigenvalue weighted by Gasteiger charge is 2.11. The van der Waals surface area contributed by atoms with E-state index in [1.807, 2.05) is 13.0 Å². The molecule has 0 spiro atoms. The average Bonchev–Trinajstić information content (AvgIpc) is 2.55. The number of amides is 1. The van der Waals surface area contributed by atoms with Crippen LogP contribution in [-0.2, 0) is 4.79 Å². The van der Waals surface area contributed by atoms with E-state index in [9.17, 15) is 4.79 Å². The number of carbonyl (C=O) groups is 1. The third kappa shape index (κ3) is 9.28. The van der Waals surface area contributed by atoms with Crippen LogP contribution in [0.3, 0.4) is 0 Å². The molecule has 0 unspecified atom stereocenters. The van der Waals surface area contributed by atoms with Crippen molar-refractivity contribution >= 4 is 5.91 Å². The van der Waals surface area contributed by atoms with Crippen molar-refractivity contribution in [1.82, 2.24) is 10.6 Å². The molecule has 1 amide bonds. The molecule has 1 aliphatic rings. The summed E-state index contributed by atoms with van der Waals surface area (Å²) in [6.07, 6.45) is 16.6. The maximum atomic E-state index is 11.9. The second-order valence-corrected chi connectivity index (χ2v) is 6.55. The van der Waals surface area contributed by atoms with E-state index in [4.69, 9.17) is 5.26 Å². The zero-order valence-electron chi connectivity index (χ0n) is 14.7. The van der Waals surface area contributed by atoms with Gasteiger partial charge in [0, 0.05) is 18.8 Å². The standard InChI is InChI=1S/C19H33N3O/c1-2-14-21-19(23)17(15-20)16-22-18-12-10-8-6-4-3-5-7-9-11-13-18/h16,18,22H,2-14H2,1H3,(H,21,23)/b17-16-. The topological polar surface area (TPSA) is 64.9 Å². The van der Waals surface area contributed by atoms with Crippen molar-refractivity contribution in [3.05, 3.63) is 11.8 Å². The molecule has 130 valence electrons. The molecule has 0 heterocycles. The summed E-state index contributed by atoms with van der Waals surface area (Å²) in [6, 6.07) is 2.39. The molecule has 0 bridgehead atoms. The van der Waals surface area contributed by atoms with E-state index in [1.54, 1.807) is 6.20 Å². The van der Waals surface area contributed by atoms with Crippen LogP contribution >= 0.6 is 0 Å². The van der Waals surface area contributed by atoms with Gasteiger partial charge in [-0.1, -0.05) is 64.7 Å². The van der Waals surface area contributed by atoms with Gasteiger partial charge in [-0.25, -0.2) is 0 Å². The van der Waals surface area contributed by atoms with Crippen LogP contribution < -0.4 is 10.6 Å². The molecule has 2 N–H and O–H groups in total. The van der Waals surface area contributed by atoms with Gasteiger partial charge in [0.05, 0.1) is 0 Å². The lowest BCUT2D eigenvalue weighted by atomic mass is 9.98. The summed E-state index contributed by atoms with van der Waals surface area (Å²) in [7, 11) is 0. The smallest absolute Gasteiger partial charge is 0.263 e. The van der Waals surface area contributed by atoms with Crippen molar-refractivity contribution in [2.24, 2.45) is 0 Å². The fourth-order valence-electron chi connectivity index (χ4n) is 3.01. The SMILES string of the molecule is CCCNC(=O)/C(C#N)=C\NC1CCCCCCCCCCC1. The van der Waals surface area contributed by atoms with Gasteiger partial charge in [0.15, 0.2) is 0 Å². The zero-order valence-corrected chi connectivity index (χ0v) is 14.7. The molecular weight excluding hydrogens is 286 g/mol. The Morgan fingerprint density at radius 1 is 1.04 bits per heavy atom. The molecule has 0 aromatic carbocycles. The summed E-state index contributed by atoms with van der Waals surface area (Å²) in [4.78, 5) is 11.9. The fourth-order valence-corrected chi connectivity index (χ4v) is 3.01. The van der Waals surface area contributed by atoms with Gasteiger partial charge in [-0.2, -0.15) is 5.26 Å². The molecule has 0 aromatic heterocycles. The van der Waals surface area contributed by atoms with Crippen LogP contribution in [0, 0.1) is 11.3 Å². The van der Waals surface area contributed by atoms with Crippen LogP contribution in [0.5, 0.6) is 0 Å². The maximum absolute atomic E-state index is 11.9. The molecule has 1 aliphatic carbocycles. The Bertz CT molecular complexity index is 386. The van der Waals surface area contributed by atoms with E-state index in [0.29, 0.717) is 12.6 Å². The molecular formula is C19H33N3O. The van der Waals surface area contributed by atoms with Crippen LogP contribution in [-0.4, -0.2) is 18.5 Å². The third-order valence-electron chi connectivity index (χ3n) is 4.47. The minimum atomic E-state index is -0.269. The van der Waals surface area contributed by atoms with Gasteiger partial charge in [-0.3, -0.25) is 4.79 Å². The number of carbonyl (C=O) groups excluding carboxylic acids is 1. The van der Waals surface area contributed by atoms with Gasteiger partial charge in [-0.05, 0) is 19.3 Å². The average molecular weight is 319 g/mol. The van der Waals surface area contributed by atoms with Crippen molar-refractivity contribution in [1.29, 1.82) is 5.26 Å². The first kappa shape index (κ1) is 19.5. The van der Waals surface area contributed by atoms with Crippen LogP contribution in [0.15, 0.2) is 11.8 Å². The van der Waals surface area contributed by atoms with Gasteiger partial charge >= 0.3 is 0 Å². The first-order valence-electron chi connectivity index (χ1n) is 9.42. The van der Waals surface area contributed by atoms with E-state index >= 15 is 0 Å². The van der Waals surface area contributed by atoms with Gasteiger partial charge < -0.3 is 10.6 Å². The molecule has 4 nitrogen and oxygen atoms in total. The van der Waals surface area contributed by atoms with Gasteiger partial charge in [-0.15, -0.1) is 0 Å². The summed E-state index contributed by atoms with van der Waals surface area (Å²) in [6.45, 7) is 2.61. The predicted molar refractivity (Wildman–Crippen MR) is 94.7 cm³/mol. The first-order valence-corrected chi connectivity index (χ1v) is 9.42. The Balaban J connectivity index is 2.49. The minimum Gasteiger partial charge on any atom is -0.387 e. The number of rotatable bonds is 5. The summed E-state index contributed by atoms with van der Waals surface area (Å²) < 4.78 is 0. The number of hydrogen-bond acceptors (Lipinski definition) is 3. The molecule has 0 radical (unpaired) electrons. The predicted octanol–water partition coefficient (Wildman–Crippen LogP) is 4.18. The van der Waals surface area contributed by atoms with Crippen molar-refractivity contribution in [2.75, 3.05) is 6.54 Å². The number of hydrogen-bond donors (Lipinski definition) is 2. The minimum absolute atomic E-state index is 0.185. The largest absolute Gasteiger partial charge is 0.387 e. The summed E-state index contributed by atoms with van der Waals surface area (Å²) in [5.74, 6) is -0.269. The van der Waals surface area contributed by atoms with E-state index in [0.717, 1.165) is 19.3 Å². The normalized spacial score (nSPS) is 19.0. The molecule has 23 heavy (non-hydrogen) atoms. The highest BCUT2D eigenvalue weighted by Crippen LogP contribution is 2.17. The van der Waals surface area contributed by atoms with Crippen molar-refractivity contribution in [3.8, 4) is 6.07 Å². The number of nitrogens with zero attached hydrogens (tertiary/aromatic N) is 1. The lowest BCUT2D eigenvalue weighted by molar-refractivity contribution is -0.117. The highest BCUT2D eigenvalue weighted by molar-refractivity contribution is 5.97. The lowest BCUT2D eigenvalue weighted by Gasteiger charge is -2.18. The Kier molecular flexibility index (Phi) is 11.0. The molecule has 1 fully saturated rings. The lowest BCUT2D eigenvalue weighted by Crippen LogP contribution is -2.29. The second kappa shape index (κ2) is 13.0. The van der Waals surface area contributed by atoms with E-state index in [-0.39, 0.29) is 11.5 Å². The van der Waals surface area contributed by atoms with Crippen LogP contribution in [0.2, 0.25) is 0 Å². The van der Waals surface area contributed by atoms with Gasteiger partial charge in [0.1, 0.15) is 11.6 Å². The summed E-state index contributed by atoms with van der Waals surface area (Å²) in [5, 5.41) is 15.3. The Hall–Kier alpha value is -1.50. The van der Waals surface area contributed by atoms with E-state index in [1.165, 1.54) is 57.8 Å². The Morgan fingerprint density at radius 3 is 2.04 bits per heavy atom. The third-order valence-corrected chi connectivity index (χ3v) is 4.47. The molecule has 4 heteroatoms. The fraction of sp³-hybridized carbons (Fsp3) is 0.789. The molecule has 0 saturated heterocycles. The van der Waals surface area contributed by atoms with Crippen LogP contribution in [0.4, 0.5) is 0 Å². The first-order chi connectivity index (χ1) is 11.3. The Labute approximate surface area is 141 Å². The summed E-state index contributed by atoms with van der Waals surface area (Å²) >= 11 is 0. The molecule has 0 atom stereocenters. The van der Waals surface area contributed by atoms with Crippen LogP contribution in [0.1, 0.15) is 84.0 Å². The van der Waals surface area contributed by atoms with E-state index < -0.39 is 0 Å². The monoisotopic (exact) mass is 319 g/mol. The van der Waals surface area contributed by atoms with Crippen LogP contribution in [0.25, 0.3) is 0 Å². The van der Waals surface area contributed by atoms with Crippen molar-refractivity contribution in [2.45, 2.75) is 90.0 Å². The van der Waals surface area contributed by atoms with Crippen molar-refractivity contribution < 1.29 is 4.79 Å². The molecule has 0 aromatic rings. The van der Waals surface area contributed by atoms with Crippen molar-refractivity contribution in [3.63, 3.8) is 0 Å². The zero-order chi connectivity index (χ0) is 16.8. The van der Waals surface area contributed by atoms with E-state index in [2.05, 4.69) is 10.6 Å². The molecule has 0 aliphatic heterocycles. The van der Waals surface area contributed by atoms with Gasteiger partial charge in [0.2, 0.25) is 0 Å². The van der Waals surface area contributed by atoms with Gasteiger partial charge in [0.25, 0.3) is 5.91 Å². The quantitative estimate of drug-likeness (QED) is 0.590. The molecule has 1 rings (SSSR count). The maximum Gasteiger partial charge on any atom is 0.263 e. The second-order valence-electron chi connectivity index (χ2n) is 6.55.